The fraction of sp³-hybridized carbons (Fsp3) is 0.700. The molecular weight excluding hydrogens is 213 g/mol. The first-order valence-electron chi connectivity index (χ1n) is 5.39. The summed E-state index contributed by atoms with van der Waals surface area (Å²) in [6, 6.07) is 0.0229. The number of halogens is 1. The molecular formula is C10H16FN3O2. The molecule has 0 amide bonds. The highest BCUT2D eigenvalue weighted by molar-refractivity contribution is 5.95. The zero-order valence-corrected chi connectivity index (χ0v) is 8.88. The van der Waals surface area contributed by atoms with Crippen molar-refractivity contribution >= 4 is 5.84 Å². The van der Waals surface area contributed by atoms with Crippen LogP contribution >= 0.6 is 0 Å². The van der Waals surface area contributed by atoms with E-state index in [2.05, 4.69) is 4.99 Å². The Morgan fingerprint density at radius 1 is 1.56 bits per heavy atom. The smallest absolute Gasteiger partial charge is 0.227 e. The van der Waals surface area contributed by atoms with Crippen LogP contribution < -0.4 is 5.73 Å². The van der Waals surface area contributed by atoms with Gasteiger partial charge in [-0.3, -0.25) is 0 Å². The van der Waals surface area contributed by atoms with Gasteiger partial charge in [-0.2, -0.15) is 0 Å². The third kappa shape index (κ3) is 2.03. The monoisotopic (exact) mass is 229 g/mol. The van der Waals surface area contributed by atoms with E-state index in [1.165, 1.54) is 11.1 Å². The van der Waals surface area contributed by atoms with Crippen LogP contribution in [0.15, 0.2) is 17.0 Å². The van der Waals surface area contributed by atoms with E-state index in [9.17, 15) is 9.50 Å². The van der Waals surface area contributed by atoms with Crippen molar-refractivity contribution in [3.8, 4) is 0 Å². The maximum absolute atomic E-state index is 13.2. The van der Waals surface area contributed by atoms with E-state index in [4.69, 9.17) is 10.8 Å². The molecule has 1 unspecified atom stereocenters. The van der Waals surface area contributed by atoms with Gasteiger partial charge in [0.2, 0.25) is 6.35 Å². The topological polar surface area (TPSA) is 82.1 Å². The summed E-state index contributed by atoms with van der Waals surface area (Å²) in [5, 5.41) is 18.7. The average molecular weight is 229 g/mol. The Balaban J connectivity index is 2.06. The SMILES string of the molecule is NC1=NC(O)N([C@H]2CC[C@@H](CO)C2)C=C1F. The molecule has 90 valence electrons. The summed E-state index contributed by atoms with van der Waals surface area (Å²) in [5.74, 6) is -0.643. The van der Waals surface area contributed by atoms with Crippen molar-refractivity contribution in [2.75, 3.05) is 6.61 Å². The van der Waals surface area contributed by atoms with Crippen molar-refractivity contribution in [1.29, 1.82) is 0 Å². The third-order valence-corrected chi connectivity index (χ3v) is 3.22. The Hall–Kier alpha value is -1.14. The van der Waals surface area contributed by atoms with Gasteiger partial charge in [-0.15, -0.1) is 0 Å². The predicted octanol–water partition coefficient (Wildman–Crippen LogP) is -0.0930. The Labute approximate surface area is 93.1 Å². The van der Waals surface area contributed by atoms with Crippen LogP contribution in [0.25, 0.3) is 0 Å². The van der Waals surface area contributed by atoms with E-state index in [1.54, 1.807) is 0 Å². The fourth-order valence-electron chi connectivity index (χ4n) is 2.30. The minimum absolute atomic E-state index is 0.0229. The fourth-order valence-corrected chi connectivity index (χ4v) is 2.30. The standard InChI is InChI=1S/C10H16FN3O2/c11-8-4-14(10(16)13-9(8)12)7-2-1-6(3-7)5-15/h4,6-7,10,15-16H,1-3,5H2,(H2,12,13)/t6-,7+,10?/m1/s1. The highest BCUT2D eigenvalue weighted by atomic mass is 19.1. The summed E-state index contributed by atoms with van der Waals surface area (Å²) < 4.78 is 13.2. The highest BCUT2D eigenvalue weighted by Gasteiger charge is 2.32. The van der Waals surface area contributed by atoms with E-state index < -0.39 is 12.2 Å². The number of amidine groups is 1. The zero-order chi connectivity index (χ0) is 11.7. The average Bonchev–Trinajstić information content (AvgIpc) is 2.71. The first-order chi connectivity index (χ1) is 7.61. The number of hydrogen-bond donors (Lipinski definition) is 3. The quantitative estimate of drug-likeness (QED) is 0.618. The van der Waals surface area contributed by atoms with E-state index in [-0.39, 0.29) is 24.4 Å². The van der Waals surface area contributed by atoms with Gasteiger partial charge in [-0.25, -0.2) is 9.38 Å². The Morgan fingerprint density at radius 2 is 2.31 bits per heavy atom. The molecule has 4 N–H and O–H groups in total. The largest absolute Gasteiger partial charge is 0.396 e. The molecule has 2 aliphatic rings. The minimum atomic E-state index is -1.11. The summed E-state index contributed by atoms with van der Waals surface area (Å²) in [6.07, 6.45) is 2.55. The molecule has 6 heteroatoms. The van der Waals surface area contributed by atoms with Gasteiger partial charge >= 0.3 is 0 Å². The van der Waals surface area contributed by atoms with Crippen LogP contribution in [0, 0.1) is 5.92 Å². The molecule has 1 heterocycles. The van der Waals surface area contributed by atoms with E-state index in [1.807, 2.05) is 0 Å². The number of aliphatic imine (C=N–C) groups is 1. The van der Waals surface area contributed by atoms with Crippen LogP contribution in [0.3, 0.4) is 0 Å². The summed E-state index contributed by atoms with van der Waals surface area (Å²) in [6.45, 7) is 0.137. The van der Waals surface area contributed by atoms with Crippen LogP contribution in [-0.4, -0.2) is 39.9 Å². The molecule has 0 aromatic rings. The molecule has 1 fully saturated rings. The van der Waals surface area contributed by atoms with Crippen LogP contribution in [0.5, 0.6) is 0 Å². The lowest BCUT2D eigenvalue weighted by Gasteiger charge is -2.32. The molecule has 16 heavy (non-hydrogen) atoms. The van der Waals surface area contributed by atoms with Crippen molar-refractivity contribution in [2.45, 2.75) is 31.7 Å². The molecule has 1 saturated carbocycles. The summed E-state index contributed by atoms with van der Waals surface area (Å²) in [4.78, 5) is 5.08. The van der Waals surface area contributed by atoms with Gasteiger partial charge in [0.1, 0.15) is 0 Å². The van der Waals surface area contributed by atoms with E-state index in [0.717, 1.165) is 19.3 Å². The maximum Gasteiger partial charge on any atom is 0.227 e. The van der Waals surface area contributed by atoms with Crippen LogP contribution in [0.1, 0.15) is 19.3 Å². The molecule has 2 rings (SSSR count). The van der Waals surface area contributed by atoms with Gasteiger partial charge in [-0.1, -0.05) is 0 Å². The molecule has 5 nitrogen and oxygen atoms in total. The number of aliphatic hydroxyl groups is 2. The highest BCUT2D eigenvalue weighted by Crippen LogP contribution is 2.31. The van der Waals surface area contributed by atoms with E-state index >= 15 is 0 Å². The first kappa shape index (κ1) is 11.3. The zero-order valence-electron chi connectivity index (χ0n) is 8.88. The second-order valence-electron chi connectivity index (χ2n) is 4.30. The molecule has 3 atom stereocenters. The van der Waals surface area contributed by atoms with Gasteiger partial charge in [0.25, 0.3) is 0 Å². The maximum atomic E-state index is 13.2. The van der Waals surface area contributed by atoms with Crippen LogP contribution in [0.4, 0.5) is 4.39 Å². The third-order valence-electron chi connectivity index (χ3n) is 3.22. The summed E-state index contributed by atoms with van der Waals surface area (Å²) in [5.41, 5.74) is 5.26. The Morgan fingerprint density at radius 3 is 2.94 bits per heavy atom. The number of aliphatic hydroxyl groups excluding tert-OH is 2. The minimum Gasteiger partial charge on any atom is -0.396 e. The number of hydrogen-bond acceptors (Lipinski definition) is 5. The molecule has 0 saturated heterocycles. The van der Waals surface area contributed by atoms with Crippen molar-refractivity contribution in [3.63, 3.8) is 0 Å². The van der Waals surface area contributed by atoms with Crippen molar-refractivity contribution in [1.82, 2.24) is 4.90 Å². The number of nitrogens with zero attached hydrogens (tertiary/aromatic N) is 2. The van der Waals surface area contributed by atoms with Gasteiger partial charge in [0, 0.05) is 18.8 Å². The molecule has 0 spiro atoms. The van der Waals surface area contributed by atoms with Crippen molar-refractivity contribution in [3.05, 3.63) is 12.0 Å². The van der Waals surface area contributed by atoms with Gasteiger partial charge in [-0.05, 0) is 25.2 Å². The van der Waals surface area contributed by atoms with Crippen LogP contribution in [0.2, 0.25) is 0 Å². The lowest BCUT2D eigenvalue weighted by atomic mass is 10.1. The molecule has 0 radical (unpaired) electrons. The van der Waals surface area contributed by atoms with Crippen LogP contribution in [-0.2, 0) is 0 Å². The van der Waals surface area contributed by atoms with Gasteiger partial charge < -0.3 is 20.8 Å². The molecule has 0 bridgehead atoms. The molecule has 1 aliphatic carbocycles. The molecule has 0 aromatic carbocycles. The summed E-state index contributed by atoms with van der Waals surface area (Å²) in [7, 11) is 0. The normalized spacial score (nSPS) is 34.9. The van der Waals surface area contributed by atoms with Crippen molar-refractivity contribution in [2.24, 2.45) is 16.6 Å². The summed E-state index contributed by atoms with van der Waals surface area (Å²) >= 11 is 0. The van der Waals surface area contributed by atoms with Crippen molar-refractivity contribution < 1.29 is 14.6 Å². The lowest BCUT2D eigenvalue weighted by Crippen LogP contribution is -2.41. The first-order valence-corrected chi connectivity index (χ1v) is 5.39. The second kappa shape index (κ2) is 4.39. The Bertz CT molecular complexity index is 332. The molecule has 0 aromatic heterocycles. The van der Waals surface area contributed by atoms with Gasteiger partial charge in [0.15, 0.2) is 11.7 Å². The molecule has 1 aliphatic heterocycles. The number of rotatable bonds is 2. The lowest BCUT2D eigenvalue weighted by molar-refractivity contribution is 0.0134. The van der Waals surface area contributed by atoms with E-state index in [0.29, 0.717) is 0 Å². The Kier molecular flexibility index (Phi) is 3.11. The van der Waals surface area contributed by atoms with Gasteiger partial charge in [0.05, 0.1) is 0 Å². The second-order valence-corrected chi connectivity index (χ2v) is 4.30. The predicted molar refractivity (Wildman–Crippen MR) is 56.9 cm³/mol. The number of nitrogens with two attached hydrogens (primary N) is 1.